The topological polar surface area (TPSA) is 114 Å². The van der Waals surface area contributed by atoms with Gasteiger partial charge >= 0.3 is 23.1 Å². The van der Waals surface area contributed by atoms with Crippen LogP contribution in [0.25, 0.3) is 0 Å². The third-order valence-electron chi connectivity index (χ3n) is 21.0. The minimum absolute atomic E-state index is 0. The first-order valence-corrected chi connectivity index (χ1v) is 46.0. The van der Waals surface area contributed by atoms with E-state index in [4.69, 9.17) is 0 Å². The van der Waals surface area contributed by atoms with E-state index in [2.05, 4.69) is 13.8 Å². The second kappa shape index (κ2) is 76.2. The molecule has 2 aromatic rings. The molecule has 0 aliphatic heterocycles. The van der Waals surface area contributed by atoms with E-state index < -0.39 is 20.2 Å². The molecule has 9 heteroatoms. The number of unbranched alkanes of at least 4 members (excludes halogenated alkanes) is 70. The summed E-state index contributed by atoms with van der Waals surface area (Å²) in [5.41, 5.74) is 1.90. The van der Waals surface area contributed by atoms with Crippen molar-refractivity contribution in [3.63, 3.8) is 0 Å². The molecule has 564 valence electrons. The third kappa shape index (κ3) is 71.8. The fourth-order valence-corrected chi connectivity index (χ4v) is 15.6. The first-order chi connectivity index (χ1) is 47.1. The summed E-state index contributed by atoms with van der Waals surface area (Å²) in [5, 5.41) is 0. The zero-order valence-corrected chi connectivity index (χ0v) is 68.0. The SMILES string of the molecule is CCCCCCCCCCCCCCCCCCCCCCCCCCCCCCCCCCCCCCc1cccc(S(=O)(=O)[O-])c1.CCCCCCCCCCCCCCCCCCCCCCCCCCCCCCCCCCCCCCc1cccc(S(=O)(=O)[O-])c1.[Mg+2]. The minimum atomic E-state index is -4.35. The summed E-state index contributed by atoms with van der Waals surface area (Å²) in [5.74, 6) is 0. The fourth-order valence-electron chi connectivity index (χ4n) is 14.5. The second-order valence-corrected chi connectivity index (χ2v) is 33.2. The standard InChI is InChI=1S/2C44H82O3S.Mg/c2*1-2-3-4-5-6-7-8-9-10-11-12-13-14-15-16-17-18-19-20-21-22-23-24-25-26-27-28-29-30-31-32-33-34-35-36-37-39-43-40-38-41-44(42-43)48(45,46)47;/h2*38,40-42H,2-37,39H2,1H3,(H,45,46,47);/q;;+2/p-2. The van der Waals surface area contributed by atoms with E-state index in [1.54, 1.807) is 12.1 Å². The number of hydrogen-bond acceptors (Lipinski definition) is 6. The smallest absolute Gasteiger partial charge is 0.744 e. The van der Waals surface area contributed by atoms with Crippen molar-refractivity contribution in [3.05, 3.63) is 59.7 Å². The van der Waals surface area contributed by atoms with E-state index >= 15 is 0 Å². The van der Waals surface area contributed by atoms with E-state index in [1.807, 2.05) is 12.1 Å². The van der Waals surface area contributed by atoms with E-state index in [0.717, 1.165) is 36.8 Å². The van der Waals surface area contributed by atoms with Crippen molar-refractivity contribution in [2.45, 2.75) is 499 Å². The Kier molecular flexibility index (Phi) is 75.4. The van der Waals surface area contributed by atoms with Crippen molar-refractivity contribution >= 4 is 43.3 Å². The summed E-state index contributed by atoms with van der Waals surface area (Å²) in [6.07, 6.45) is 104. The molecule has 97 heavy (non-hydrogen) atoms. The molecule has 0 unspecified atom stereocenters. The Morgan fingerprint density at radius 2 is 0.330 bits per heavy atom. The Morgan fingerprint density at radius 3 is 0.454 bits per heavy atom. The number of aryl methyl sites for hydroxylation is 2. The van der Waals surface area contributed by atoms with Gasteiger partial charge in [-0.05, 0) is 61.1 Å². The van der Waals surface area contributed by atoms with Crippen LogP contribution in [0.5, 0.6) is 0 Å². The molecule has 0 aliphatic carbocycles. The summed E-state index contributed by atoms with van der Waals surface area (Å²) >= 11 is 0. The van der Waals surface area contributed by atoms with E-state index in [0.29, 0.717) is 0 Å². The van der Waals surface area contributed by atoms with Crippen LogP contribution >= 0.6 is 0 Å². The van der Waals surface area contributed by atoms with E-state index in [9.17, 15) is 25.9 Å². The largest absolute Gasteiger partial charge is 2.00 e. The van der Waals surface area contributed by atoms with Gasteiger partial charge in [0.2, 0.25) is 0 Å². The monoisotopic (exact) mass is 1400 g/mol. The van der Waals surface area contributed by atoms with Gasteiger partial charge in [-0.15, -0.1) is 0 Å². The maximum Gasteiger partial charge on any atom is 2.00 e. The summed E-state index contributed by atoms with van der Waals surface area (Å²) < 4.78 is 67.0. The quantitative estimate of drug-likeness (QED) is 0.0370. The molecule has 0 fully saturated rings. The molecule has 0 atom stereocenters. The van der Waals surface area contributed by atoms with Gasteiger partial charge in [-0.2, -0.15) is 0 Å². The first-order valence-electron chi connectivity index (χ1n) is 43.2. The van der Waals surface area contributed by atoms with Crippen molar-refractivity contribution in [2.24, 2.45) is 0 Å². The number of benzene rings is 2. The van der Waals surface area contributed by atoms with Crippen LogP contribution in [0.3, 0.4) is 0 Å². The van der Waals surface area contributed by atoms with Gasteiger partial charge in [0, 0.05) is 0 Å². The molecule has 0 radical (unpaired) electrons. The summed E-state index contributed by atoms with van der Waals surface area (Å²) in [4.78, 5) is -0.210. The fraction of sp³-hybridized carbons (Fsp3) is 0.864. The summed E-state index contributed by atoms with van der Waals surface area (Å²) in [6.45, 7) is 4.60. The van der Waals surface area contributed by atoms with Gasteiger partial charge in [-0.25, -0.2) is 16.8 Å². The van der Waals surface area contributed by atoms with Gasteiger partial charge in [-0.3, -0.25) is 0 Å². The number of hydrogen-bond donors (Lipinski definition) is 0. The summed E-state index contributed by atoms with van der Waals surface area (Å²) in [7, 11) is -8.70. The molecule has 0 aromatic heterocycles. The Hall–Kier alpha value is -0.974. The average Bonchev–Trinajstić information content (AvgIpc) is 0.942. The Balaban J connectivity index is 0.00000188. The molecular weight excluding hydrogens is 1240 g/mol. The zero-order chi connectivity index (χ0) is 69.3. The van der Waals surface area contributed by atoms with Crippen molar-refractivity contribution in [1.29, 1.82) is 0 Å². The van der Waals surface area contributed by atoms with Gasteiger partial charge in [0.1, 0.15) is 20.2 Å². The molecule has 0 bridgehead atoms. The normalized spacial score (nSPS) is 11.8. The second-order valence-electron chi connectivity index (χ2n) is 30.5. The molecule has 0 heterocycles. The van der Waals surface area contributed by atoms with Crippen LogP contribution in [-0.2, 0) is 33.1 Å². The predicted molar refractivity (Wildman–Crippen MR) is 426 cm³/mol. The predicted octanol–water partition coefficient (Wildman–Crippen LogP) is 30.0. The van der Waals surface area contributed by atoms with Gasteiger partial charge in [0.15, 0.2) is 0 Å². The molecule has 0 saturated carbocycles. The molecule has 6 nitrogen and oxygen atoms in total. The van der Waals surface area contributed by atoms with Crippen molar-refractivity contribution < 1.29 is 25.9 Å². The average molecular weight is 1400 g/mol. The zero-order valence-electron chi connectivity index (χ0n) is 64.9. The maximum atomic E-state index is 11.2. The van der Waals surface area contributed by atoms with Gasteiger partial charge in [0.25, 0.3) is 0 Å². The van der Waals surface area contributed by atoms with Crippen molar-refractivity contribution in [3.8, 4) is 0 Å². The summed E-state index contributed by atoms with van der Waals surface area (Å²) in [6, 6.07) is 13.0. The Morgan fingerprint density at radius 1 is 0.206 bits per heavy atom. The van der Waals surface area contributed by atoms with Crippen LogP contribution in [0.2, 0.25) is 0 Å². The molecule has 2 aromatic carbocycles. The molecule has 0 spiro atoms. The van der Waals surface area contributed by atoms with E-state index in [1.165, 1.54) is 474 Å². The van der Waals surface area contributed by atoms with Crippen LogP contribution in [0.4, 0.5) is 0 Å². The Labute approximate surface area is 623 Å². The van der Waals surface area contributed by atoms with E-state index in [-0.39, 0.29) is 32.8 Å². The molecule has 0 N–H and O–H groups in total. The van der Waals surface area contributed by atoms with Crippen molar-refractivity contribution in [1.82, 2.24) is 0 Å². The van der Waals surface area contributed by atoms with Crippen LogP contribution in [0.15, 0.2) is 58.3 Å². The van der Waals surface area contributed by atoms with Gasteiger partial charge in [0.05, 0.1) is 9.79 Å². The van der Waals surface area contributed by atoms with Crippen LogP contribution in [0, 0.1) is 0 Å². The molecular formula is C88H162MgO6S2. The third-order valence-corrected chi connectivity index (χ3v) is 22.7. The Bertz CT molecular complexity index is 1950. The first kappa shape index (κ1) is 96.0. The van der Waals surface area contributed by atoms with Crippen LogP contribution in [0.1, 0.15) is 487 Å². The molecule has 0 saturated heterocycles. The minimum Gasteiger partial charge on any atom is -0.744 e. The maximum absolute atomic E-state index is 11.2. The molecule has 0 aliphatic rings. The van der Waals surface area contributed by atoms with Gasteiger partial charge in [-0.1, -0.05) is 488 Å². The van der Waals surface area contributed by atoms with Crippen LogP contribution in [-0.4, -0.2) is 49.0 Å². The van der Waals surface area contributed by atoms with Crippen LogP contribution < -0.4 is 0 Å². The van der Waals surface area contributed by atoms with Crippen molar-refractivity contribution in [2.75, 3.05) is 0 Å². The molecule has 2 rings (SSSR count). The van der Waals surface area contributed by atoms with Gasteiger partial charge < -0.3 is 9.11 Å². The number of rotatable bonds is 76. The molecule has 0 amide bonds.